The molecule has 32 nitrogen and oxygen atoms in total. The minimum absolute atomic E-state index is 0.0590. The molecule has 524 valence electrons. The number of halogens is 4. The molecule has 0 saturated heterocycles. The molecule has 12 aromatic rings. The number of nitrogens with one attached hydrogen (secondary N) is 7. The summed E-state index contributed by atoms with van der Waals surface area (Å²) in [5, 5.41) is 18.7. The number of nitrogen functional groups attached to an aromatic ring is 2. The molecule has 12 rings (SSSR count). The number of hydrogen-bond acceptors (Lipinski definition) is 25. The van der Waals surface area contributed by atoms with Gasteiger partial charge in [0.1, 0.15) is 57.0 Å². The van der Waals surface area contributed by atoms with Crippen LogP contribution in [0.25, 0.3) is 46.1 Å². The zero-order chi connectivity index (χ0) is 74.4. The van der Waals surface area contributed by atoms with Crippen molar-refractivity contribution in [2.45, 2.75) is 41.5 Å². The second-order valence-corrected chi connectivity index (χ2v) is 22.7. The van der Waals surface area contributed by atoms with E-state index in [1.165, 1.54) is 43.3 Å². The van der Waals surface area contributed by atoms with Gasteiger partial charge in [0.15, 0.2) is 23.3 Å². The van der Waals surface area contributed by atoms with E-state index in [0.717, 1.165) is 0 Å². The van der Waals surface area contributed by atoms with Gasteiger partial charge in [-0.05, 0) is 150 Å². The summed E-state index contributed by atoms with van der Waals surface area (Å²) in [6, 6.07) is 37.9. The maximum absolute atomic E-state index is 12.6. The van der Waals surface area contributed by atoms with Gasteiger partial charge < -0.3 is 22.1 Å². The van der Waals surface area contributed by atoms with Crippen molar-refractivity contribution in [2.75, 3.05) is 49.9 Å². The molecule has 0 saturated carbocycles. The Morgan fingerprint density at radius 3 is 1.10 bits per heavy atom. The highest BCUT2D eigenvalue weighted by molar-refractivity contribution is 6.36. The number of amides is 7. The van der Waals surface area contributed by atoms with E-state index >= 15 is 0 Å². The van der Waals surface area contributed by atoms with Gasteiger partial charge in [0.25, 0.3) is 23.6 Å². The Kier molecular flexibility index (Phi) is 25.8. The molecule has 0 spiro atoms. The molecule has 104 heavy (non-hydrogen) atoms. The number of urea groups is 1. The summed E-state index contributed by atoms with van der Waals surface area (Å²) in [6.07, 6.45) is 6.53. The number of benzene rings is 3. The summed E-state index contributed by atoms with van der Waals surface area (Å²) in [5.41, 5.74) is 15.9. The van der Waals surface area contributed by atoms with Crippen LogP contribution in [0, 0.1) is 27.7 Å². The van der Waals surface area contributed by atoms with Crippen LogP contribution in [-0.4, -0.2) is 127 Å². The number of aromatic nitrogens is 17. The van der Waals surface area contributed by atoms with Gasteiger partial charge in [0.05, 0.1) is 37.3 Å². The summed E-state index contributed by atoms with van der Waals surface area (Å²) >= 11 is 24.3. The van der Waals surface area contributed by atoms with Crippen molar-refractivity contribution in [3.05, 3.63) is 230 Å². The molecule has 0 aliphatic heterocycles. The number of pyridine rings is 5. The van der Waals surface area contributed by atoms with Gasteiger partial charge in [-0.2, -0.15) is 39.9 Å². The van der Waals surface area contributed by atoms with E-state index < -0.39 is 29.7 Å². The van der Waals surface area contributed by atoms with Gasteiger partial charge in [-0.1, -0.05) is 70.7 Å². The van der Waals surface area contributed by atoms with Crippen molar-refractivity contribution in [3.63, 3.8) is 0 Å². The second kappa shape index (κ2) is 35.7. The first-order chi connectivity index (χ1) is 49.9. The number of nitrogens with zero attached hydrogens (tertiary/aromatic N) is 17. The molecular formula is C68H58Cl4N26O6. The average Bonchev–Trinajstić information content (AvgIpc) is 0.842. The van der Waals surface area contributed by atoms with E-state index in [2.05, 4.69) is 122 Å². The lowest BCUT2D eigenvalue weighted by atomic mass is 10.2. The van der Waals surface area contributed by atoms with Crippen LogP contribution < -0.4 is 48.7 Å². The lowest BCUT2D eigenvalue weighted by molar-refractivity contribution is -0.114. The van der Waals surface area contributed by atoms with Crippen molar-refractivity contribution in [2.24, 2.45) is 0 Å². The van der Waals surface area contributed by atoms with Gasteiger partial charge in [0.2, 0.25) is 29.7 Å². The SMILES string of the molecule is CC(=O)Nc1ccc(C(=O)Nc2nc(C)nc(-c3ccccn3)n2)c(Cl)c1.CCNC(=O)Nc1ccc(C(=O)Nc2nc(C)nc(-c3ccccn3)n2)c(Cl)n1.Cc1nc(NC(=O)c2cc(N)ccc2Cl)nc(-c2ccccn2)n1.Cc1nc(NC(=O)c2ccc(N)cc2Cl)nc(-c2ccccn2)n1. The monoisotopic (exact) mass is 1470 g/mol. The summed E-state index contributed by atoms with van der Waals surface area (Å²) in [6.45, 7) is 10.4. The molecule has 0 aliphatic rings. The number of carbonyl (C=O) groups excluding carboxylic acids is 6. The Labute approximate surface area is 611 Å². The van der Waals surface area contributed by atoms with E-state index in [9.17, 15) is 28.8 Å². The highest BCUT2D eigenvalue weighted by atomic mass is 35.5. The lowest BCUT2D eigenvalue weighted by Gasteiger charge is -2.09. The van der Waals surface area contributed by atoms with Crippen molar-refractivity contribution >= 4 is 129 Å². The number of nitrogens with two attached hydrogens (primary N) is 2. The van der Waals surface area contributed by atoms with Crippen molar-refractivity contribution in [3.8, 4) is 46.1 Å². The molecular weight excluding hydrogens is 1420 g/mol. The number of aryl methyl sites for hydroxylation is 4. The number of anilines is 8. The van der Waals surface area contributed by atoms with Crippen LogP contribution in [0.5, 0.6) is 0 Å². The first-order valence-corrected chi connectivity index (χ1v) is 32.2. The lowest BCUT2D eigenvalue weighted by Crippen LogP contribution is -2.28. The summed E-state index contributed by atoms with van der Waals surface area (Å²) in [5.74, 6) is 1.67. The highest BCUT2D eigenvalue weighted by Crippen LogP contribution is 2.26. The predicted octanol–water partition coefficient (Wildman–Crippen LogP) is 11.3. The fourth-order valence-corrected chi connectivity index (χ4v) is 9.66. The molecule has 0 radical (unpaired) electrons. The normalized spacial score (nSPS) is 10.4. The van der Waals surface area contributed by atoms with Crippen LogP contribution in [-0.2, 0) is 4.79 Å². The Hall–Kier alpha value is -13.2. The standard InChI is InChI=1S/C18H17ClN8O2.C18H15ClN6O2.2C16H13ClN6O/c1-3-20-18(29)25-13-8-7-11(14(19)24-13)16(28)27-17-23-10(2)22-15(26-17)12-6-4-5-9-21-12;1-10-21-16(15-5-3-4-8-20-15)24-18(22-10)25-17(27)13-7-6-12(9-14(13)19)23-11(2)26;1-9-20-14(13-4-2-3-7-19-13)22-16(21-9)23-15(24)11-8-10(18)5-6-12(11)17;1-9-20-14(13-4-2-3-7-19-13)22-16(21-9)23-15(24)11-6-5-10(18)8-12(11)17/h4-9H,3H2,1-2H3,(H2,20,24,25,29)(H,22,23,26,27,28);3-9H,1-2H3,(H,23,26)(H,21,22,24,25,27);2*2-8H,18H2,1H3,(H,20,21,22,23,24). The zero-order valence-electron chi connectivity index (χ0n) is 55.5. The van der Waals surface area contributed by atoms with Gasteiger partial charge >= 0.3 is 6.03 Å². The maximum Gasteiger partial charge on any atom is 0.320 e. The first-order valence-electron chi connectivity index (χ1n) is 30.6. The molecule has 0 atom stereocenters. The zero-order valence-corrected chi connectivity index (χ0v) is 58.5. The van der Waals surface area contributed by atoms with Gasteiger partial charge in [-0.3, -0.25) is 70.5 Å². The molecule has 0 unspecified atom stereocenters. The largest absolute Gasteiger partial charge is 0.399 e. The van der Waals surface area contributed by atoms with Crippen molar-refractivity contribution in [1.82, 2.24) is 90.0 Å². The second-order valence-electron chi connectivity index (χ2n) is 21.2. The number of hydrogen-bond donors (Lipinski definition) is 9. The molecule has 36 heteroatoms. The van der Waals surface area contributed by atoms with Gasteiger partial charge in [0, 0.05) is 55.3 Å². The molecule has 0 fully saturated rings. The van der Waals surface area contributed by atoms with Crippen LogP contribution >= 0.6 is 46.4 Å². The maximum atomic E-state index is 12.6. The number of rotatable bonds is 15. The van der Waals surface area contributed by atoms with Crippen molar-refractivity contribution < 1.29 is 28.8 Å². The first kappa shape index (κ1) is 75.0. The van der Waals surface area contributed by atoms with Gasteiger partial charge in [-0.15, -0.1) is 0 Å². The summed E-state index contributed by atoms with van der Waals surface area (Å²) in [7, 11) is 0. The predicted molar refractivity (Wildman–Crippen MR) is 392 cm³/mol. The fraction of sp³-hybridized carbons (Fsp3) is 0.103. The van der Waals surface area contributed by atoms with E-state index in [1.807, 2.05) is 24.3 Å². The molecule has 9 heterocycles. The van der Waals surface area contributed by atoms with E-state index in [4.69, 9.17) is 57.9 Å². The van der Waals surface area contributed by atoms with Crippen LogP contribution in [0.15, 0.2) is 164 Å². The van der Waals surface area contributed by atoms with Gasteiger partial charge in [-0.25, -0.2) is 29.7 Å². The fourth-order valence-electron chi connectivity index (χ4n) is 8.67. The third kappa shape index (κ3) is 21.7. The highest BCUT2D eigenvalue weighted by Gasteiger charge is 2.21. The minimum atomic E-state index is -0.551. The molecule has 0 bridgehead atoms. The van der Waals surface area contributed by atoms with Crippen LogP contribution in [0.1, 0.15) is 78.6 Å². The summed E-state index contributed by atoms with van der Waals surface area (Å²) in [4.78, 5) is 144. The smallest absolute Gasteiger partial charge is 0.320 e. The third-order valence-electron chi connectivity index (χ3n) is 13.1. The van der Waals surface area contributed by atoms with Crippen LogP contribution in [0.4, 0.5) is 51.5 Å². The molecule has 0 aliphatic carbocycles. The Balaban J connectivity index is 0.000000161. The Bertz CT molecular complexity index is 5120. The minimum Gasteiger partial charge on any atom is -0.399 e. The molecule has 7 amide bonds. The number of carbonyl (C=O) groups is 6. The Morgan fingerprint density at radius 1 is 0.365 bits per heavy atom. The van der Waals surface area contributed by atoms with E-state index in [0.29, 0.717) is 93.0 Å². The third-order valence-corrected chi connectivity index (χ3v) is 14.4. The molecule has 9 aromatic heterocycles. The molecule has 3 aromatic carbocycles. The van der Waals surface area contributed by atoms with E-state index in [1.54, 1.807) is 138 Å². The summed E-state index contributed by atoms with van der Waals surface area (Å²) < 4.78 is 0. The Morgan fingerprint density at radius 2 is 0.731 bits per heavy atom. The topological polar surface area (TPSA) is 458 Å². The van der Waals surface area contributed by atoms with E-state index in [-0.39, 0.29) is 78.0 Å². The molecule has 11 N–H and O–H groups in total. The van der Waals surface area contributed by atoms with Crippen LogP contribution in [0.2, 0.25) is 20.2 Å². The quantitative estimate of drug-likeness (QED) is 0.0340. The average molecular weight is 1480 g/mol. The van der Waals surface area contributed by atoms with Crippen molar-refractivity contribution in [1.29, 1.82) is 0 Å². The van der Waals surface area contributed by atoms with Crippen LogP contribution in [0.3, 0.4) is 0 Å².